The molecule has 110 valence electrons. The number of hydrogen-bond acceptors (Lipinski definition) is 4. The molecule has 20 heavy (non-hydrogen) atoms. The van der Waals surface area contributed by atoms with Gasteiger partial charge in [-0.25, -0.2) is 14.8 Å². The van der Waals surface area contributed by atoms with Crippen LogP contribution < -0.4 is 5.32 Å². The van der Waals surface area contributed by atoms with Gasteiger partial charge in [-0.05, 0) is 25.8 Å². The molecule has 6 nitrogen and oxygen atoms in total. The predicted octanol–water partition coefficient (Wildman–Crippen LogP) is 1.40. The van der Waals surface area contributed by atoms with Crippen molar-refractivity contribution in [2.24, 2.45) is 0 Å². The molecule has 1 aromatic heterocycles. The lowest BCUT2D eigenvalue weighted by Crippen LogP contribution is -2.45. The number of ether oxygens (including phenoxy) is 1. The van der Waals surface area contributed by atoms with Gasteiger partial charge in [0, 0.05) is 44.0 Å². The van der Waals surface area contributed by atoms with Crippen LogP contribution in [0.3, 0.4) is 0 Å². The van der Waals surface area contributed by atoms with E-state index >= 15 is 0 Å². The number of nitrogens with zero attached hydrogens (tertiary/aromatic N) is 3. The highest BCUT2D eigenvalue weighted by atomic mass is 16.5. The molecule has 1 aliphatic rings. The summed E-state index contributed by atoms with van der Waals surface area (Å²) in [6.45, 7) is 5.26. The number of nitrogens with one attached hydrogen (secondary N) is 1. The molecule has 1 aliphatic heterocycles. The molecular weight excluding hydrogens is 256 g/mol. The number of carbonyl (C=O) groups is 1. The second kappa shape index (κ2) is 7.79. The van der Waals surface area contributed by atoms with Gasteiger partial charge in [0.25, 0.3) is 0 Å². The molecule has 1 aromatic rings. The lowest BCUT2D eigenvalue weighted by molar-refractivity contribution is 0.142. The molecule has 1 fully saturated rings. The summed E-state index contributed by atoms with van der Waals surface area (Å²) < 4.78 is 5.21. The van der Waals surface area contributed by atoms with Crippen LogP contribution in [-0.2, 0) is 4.74 Å². The predicted molar refractivity (Wildman–Crippen MR) is 75.5 cm³/mol. The Morgan fingerprint density at radius 2 is 2.50 bits per heavy atom. The lowest BCUT2D eigenvalue weighted by Gasteiger charge is -2.32. The molecule has 2 heterocycles. The number of urea groups is 1. The highest BCUT2D eigenvalue weighted by Crippen LogP contribution is 2.24. The summed E-state index contributed by atoms with van der Waals surface area (Å²) in [7, 11) is 0. The minimum Gasteiger partial charge on any atom is -0.380 e. The number of rotatable bonds is 5. The highest BCUT2D eigenvalue weighted by Gasteiger charge is 2.25. The molecule has 2 amide bonds. The minimum absolute atomic E-state index is 0.0107. The van der Waals surface area contributed by atoms with Crippen LogP contribution in [0.2, 0.25) is 0 Å². The number of likely N-dealkylation sites (tertiary alicyclic amines) is 1. The third-order valence-electron chi connectivity index (χ3n) is 3.46. The van der Waals surface area contributed by atoms with Crippen LogP contribution in [0.25, 0.3) is 0 Å². The molecule has 0 saturated carbocycles. The Hall–Kier alpha value is -1.69. The monoisotopic (exact) mass is 278 g/mol. The summed E-state index contributed by atoms with van der Waals surface area (Å²) in [6, 6.07) is 1.92. The fourth-order valence-electron chi connectivity index (χ4n) is 2.43. The minimum atomic E-state index is -0.0107. The van der Waals surface area contributed by atoms with Crippen LogP contribution in [-0.4, -0.2) is 53.7 Å². The molecule has 0 radical (unpaired) electrons. The number of aromatic nitrogens is 2. The van der Waals surface area contributed by atoms with Crippen molar-refractivity contribution < 1.29 is 9.53 Å². The van der Waals surface area contributed by atoms with Crippen molar-refractivity contribution in [3.63, 3.8) is 0 Å². The standard InChI is InChI=1S/C14H22N4O2/c1-2-20-9-7-16-14(19)18-8-3-4-12(10-18)13-5-6-15-11-17-13/h5-6,11-12H,2-4,7-10H2,1H3,(H,16,19)/t12-/m0/s1. The van der Waals surface area contributed by atoms with E-state index < -0.39 is 0 Å². The maximum atomic E-state index is 12.1. The molecule has 0 aromatic carbocycles. The number of amides is 2. The molecule has 2 rings (SSSR count). The van der Waals surface area contributed by atoms with Crippen molar-refractivity contribution in [1.82, 2.24) is 20.2 Å². The molecule has 1 saturated heterocycles. The third-order valence-corrected chi connectivity index (χ3v) is 3.46. The van der Waals surface area contributed by atoms with Crippen molar-refractivity contribution in [2.45, 2.75) is 25.7 Å². The molecular formula is C14H22N4O2. The van der Waals surface area contributed by atoms with Crippen LogP contribution in [0.4, 0.5) is 4.79 Å². The molecule has 1 atom stereocenters. The first kappa shape index (κ1) is 14.7. The first-order valence-corrected chi connectivity index (χ1v) is 7.17. The second-order valence-electron chi connectivity index (χ2n) is 4.85. The van der Waals surface area contributed by atoms with Gasteiger partial charge in [0.05, 0.1) is 6.61 Å². The van der Waals surface area contributed by atoms with Crippen LogP contribution in [0.1, 0.15) is 31.4 Å². The Bertz CT molecular complexity index is 413. The van der Waals surface area contributed by atoms with Crippen LogP contribution in [0, 0.1) is 0 Å². The highest BCUT2D eigenvalue weighted by molar-refractivity contribution is 5.74. The van der Waals surface area contributed by atoms with Gasteiger partial charge in [-0.15, -0.1) is 0 Å². The van der Waals surface area contributed by atoms with Crippen molar-refractivity contribution in [3.8, 4) is 0 Å². The Morgan fingerprint density at radius 1 is 1.60 bits per heavy atom. The van der Waals surface area contributed by atoms with Gasteiger partial charge in [0.2, 0.25) is 0 Å². The average molecular weight is 278 g/mol. The van der Waals surface area contributed by atoms with E-state index in [0.717, 1.165) is 31.6 Å². The molecule has 0 unspecified atom stereocenters. The summed E-state index contributed by atoms with van der Waals surface area (Å²) >= 11 is 0. The molecule has 6 heteroatoms. The van der Waals surface area contributed by atoms with E-state index in [2.05, 4.69) is 15.3 Å². The summed E-state index contributed by atoms with van der Waals surface area (Å²) in [6.07, 6.45) is 5.40. The Labute approximate surface area is 119 Å². The quantitative estimate of drug-likeness (QED) is 0.827. The van der Waals surface area contributed by atoms with Gasteiger partial charge < -0.3 is 15.0 Å². The van der Waals surface area contributed by atoms with E-state index in [1.54, 1.807) is 12.5 Å². The molecule has 0 aliphatic carbocycles. The lowest BCUT2D eigenvalue weighted by atomic mass is 9.95. The van der Waals surface area contributed by atoms with E-state index in [4.69, 9.17) is 4.74 Å². The zero-order valence-corrected chi connectivity index (χ0v) is 11.9. The SMILES string of the molecule is CCOCCNC(=O)N1CCC[C@H](c2ccncn2)C1. The number of piperidine rings is 1. The smallest absolute Gasteiger partial charge is 0.317 e. The van der Waals surface area contributed by atoms with Crippen LogP contribution >= 0.6 is 0 Å². The average Bonchev–Trinajstić information content (AvgIpc) is 2.52. The first-order valence-electron chi connectivity index (χ1n) is 7.17. The van der Waals surface area contributed by atoms with Crippen molar-refractivity contribution in [3.05, 3.63) is 24.3 Å². The van der Waals surface area contributed by atoms with E-state index in [1.807, 2.05) is 17.9 Å². The fourth-order valence-corrected chi connectivity index (χ4v) is 2.43. The Balaban J connectivity index is 1.82. The fraction of sp³-hybridized carbons (Fsp3) is 0.643. The summed E-state index contributed by atoms with van der Waals surface area (Å²) in [5.41, 5.74) is 1.02. The molecule has 1 N–H and O–H groups in total. The van der Waals surface area contributed by atoms with E-state index in [9.17, 15) is 4.79 Å². The maximum absolute atomic E-state index is 12.1. The maximum Gasteiger partial charge on any atom is 0.317 e. The molecule has 0 spiro atoms. The van der Waals surface area contributed by atoms with Crippen molar-refractivity contribution in [2.75, 3.05) is 32.8 Å². The zero-order valence-electron chi connectivity index (χ0n) is 11.9. The van der Waals surface area contributed by atoms with Gasteiger partial charge in [-0.3, -0.25) is 0 Å². The van der Waals surface area contributed by atoms with Crippen molar-refractivity contribution >= 4 is 6.03 Å². The second-order valence-corrected chi connectivity index (χ2v) is 4.85. The third kappa shape index (κ3) is 4.16. The van der Waals surface area contributed by atoms with Gasteiger partial charge in [-0.1, -0.05) is 0 Å². The van der Waals surface area contributed by atoms with Crippen LogP contribution in [0.5, 0.6) is 0 Å². The van der Waals surface area contributed by atoms with E-state index in [1.165, 1.54) is 0 Å². The molecule has 0 bridgehead atoms. The van der Waals surface area contributed by atoms with Gasteiger partial charge in [-0.2, -0.15) is 0 Å². The normalized spacial score (nSPS) is 18.9. The Kier molecular flexibility index (Phi) is 5.73. The largest absolute Gasteiger partial charge is 0.380 e. The summed E-state index contributed by atoms with van der Waals surface area (Å²) in [4.78, 5) is 22.2. The summed E-state index contributed by atoms with van der Waals surface area (Å²) in [5, 5.41) is 2.89. The van der Waals surface area contributed by atoms with Crippen molar-refractivity contribution in [1.29, 1.82) is 0 Å². The Morgan fingerprint density at radius 3 is 3.25 bits per heavy atom. The van der Waals surface area contributed by atoms with E-state index in [-0.39, 0.29) is 6.03 Å². The van der Waals surface area contributed by atoms with E-state index in [0.29, 0.717) is 25.7 Å². The first-order chi connectivity index (χ1) is 9.81. The van der Waals surface area contributed by atoms with Gasteiger partial charge in [0.1, 0.15) is 6.33 Å². The number of carbonyl (C=O) groups excluding carboxylic acids is 1. The van der Waals surface area contributed by atoms with Crippen LogP contribution in [0.15, 0.2) is 18.6 Å². The summed E-state index contributed by atoms with van der Waals surface area (Å²) in [5.74, 6) is 0.310. The topological polar surface area (TPSA) is 67.3 Å². The zero-order chi connectivity index (χ0) is 14.2. The van der Waals surface area contributed by atoms with Gasteiger partial charge >= 0.3 is 6.03 Å². The van der Waals surface area contributed by atoms with Gasteiger partial charge in [0.15, 0.2) is 0 Å². The number of hydrogen-bond donors (Lipinski definition) is 1.